The van der Waals surface area contributed by atoms with Gasteiger partial charge in [0.1, 0.15) is 5.75 Å². The van der Waals surface area contributed by atoms with Crippen molar-refractivity contribution in [3.8, 4) is 5.75 Å². The molecule has 3 rings (SSSR count). The molecule has 1 aliphatic rings. The van der Waals surface area contributed by atoms with E-state index >= 15 is 0 Å². The fourth-order valence-electron chi connectivity index (χ4n) is 2.90. The summed E-state index contributed by atoms with van der Waals surface area (Å²) in [4.78, 5) is 2.46. The second-order valence-electron chi connectivity index (χ2n) is 5.44. The highest BCUT2D eigenvalue weighted by molar-refractivity contribution is 5.57. The van der Waals surface area contributed by atoms with Crippen molar-refractivity contribution in [1.82, 2.24) is 0 Å². The quantitative estimate of drug-likeness (QED) is 0.923. The summed E-state index contributed by atoms with van der Waals surface area (Å²) in [6.45, 7) is 2.19. The molecule has 2 aromatic carbocycles. The third kappa shape index (κ3) is 3.30. The molecule has 3 heteroatoms. The van der Waals surface area contributed by atoms with Gasteiger partial charge in [-0.2, -0.15) is 0 Å². The highest BCUT2D eigenvalue weighted by atomic mass is 16.5. The molecule has 2 aromatic rings. The zero-order valence-electron chi connectivity index (χ0n) is 12.5. The van der Waals surface area contributed by atoms with Crippen molar-refractivity contribution < 1.29 is 4.74 Å². The monoisotopic (exact) mass is 282 g/mol. The fourth-order valence-corrected chi connectivity index (χ4v) is 2.90. The third-order valence-corrected chi connectivity index (χ3v) is 4.08. The topological polar surface area (TPSA) is 24.5 Å². The maximum absolute atomic E-state index is 5.40. The molecule has 1 N–H and O–H groups in total. The van der Waals surface area contributed by atoms with Gasteiger partial charge in [-0.05, 0) is 37.1 Å². The van der Waals surface area contributed by atoms with Crippen LogP contribution in [0.3, 0.4) is 0 Å². The second kappa shape index (κ2) is 6.53. The number of nitrogens with one attached hydrogen (secondary N) is 1. The van der Waals surface area contributed by atoms with Gasteiger partial charge in [0.15, 0.2) is 0 Å². The van der Waals surface area contributed by atoms with Gasteiger partial charge in [0.2, 0.25) is 0 Å². The standard InChI is InChI=1S/C18H22N2O/c1-21-18-10-6-5-9-17(18)19-15-11-13-20(14-12-15)16-7-3-2-4-8-16/h2-10,15,19H,11-14H2,1H3. The van der Waals surface area contributed by atoms with Crippen molar-refractivity contribution in [1.29, 1.82) is 0 Å². The number of methoxy groups -OCH3 is 1. The summed E-state index contributed by atoms with van der Waals surface area (Å²) in [6, 6.07) is 19.3. The van der Waals surface area contributed by atoms with Gasteiger partial charge in [-0.3, -0.25) is 0 Å². The van der Waals surface area contributed by atoms with Gasteiger partial charge >= 0.3 is 0 Å². The maximum atomic E-state index is 5.40. The lowest BCUT2D eigenvalue weighted by Gasteiger charge is -2.34. The highest BCUT2D eigenvalue weighted by Crippen LogP contribution is 2.27. The van der Waals surface area contributed by atoms with Crippen LogP contribution in [0.1, 0.15) is 12.8 Å². The zero-order chi connectivity index (χ0) is 14.5. The van der Waals surface area contributed by atoms with Crippen molar-refractivity contribution in [3.05, 3.63) is 54.6 Å². The highest BCUT2D eigenvalue weighted by Gasteiger charge is 2.19. The minimum atomic E-state index is 0.515. The first kappa shape index (κ1) is 13.8. The molecule has 0 saturated carbocycles. The van der Waals surface area contributed by atoms with Crippen LogP contribution in [0.25, 0.3) is 0 Å². The van der Waals surface area contributed by atoms with Crippen molar-refractivity contribution in [2.24, 2.45) is 0 Å². The lowest BCUT2D eigenvalue weighted by molar-refractivity contribution is 0.415. The van der Waals surface area contributed by atoms with Gasteiger partial charge in [-0.1, -0.05) is 30.3 Å². The predicted molar refractivity (Wildman–Crippen MR) is 88.3 cm³/mol. The Morgan fingerprint density at radius 3 is 2.33 bits per heavy atom. The smallest absolute Gasteiger partial charge is 0.141 e. The average molecular weight is 282 g/mol. The van der Waals surface area contributed by atoms with Crippen molar-refractivity contribution in [3.63, 3.8) is 0 Å². The van der Waals surface area contributed by atoms with Gasteiger partial charge < -0.3 is 15.0 Å². The van der Waals surface area contributed by atoms with Crippen LogP contribution in [0.5, 0.6) is 5.75 Å². The van der Waals surface area contributed by atoms with Gasteiger partial charge in [0.05, 0.1) is 12.8 Å². The first-order valence-electron chi connectivity index (χ1n) is 7.56. The molecule has 3 nitrogen and oxygen atoms in total. The Morgan fingerprint density at radius 2 is 1.62 bits per heavy atom. The van der Waals surface area contributed by atoms with E-state index in [2.05, 4.69) is 46.6 Å². The molecule has 0 bridgehead atoms. The summed E-state index contributed by atoms with van der Waals surface area (Å²) in [5, 5.41) is 3.62. The number of benzene rings is 2. The normalized spacial score (nSPS) is 15.8. The van der Waals surface area contributed by atoms with E-state index in [4.69, 9.17) is 4.74 Å². The summed E-state index contributed by atoms with van der Waals surface area (Å²) >= 11 is 0. The van der Waals surface area contributed by atoms with Gasteiger partial charge in [-0.15, -0.1) is 0 Å². The van der Waals surface area contributed by atoms with Crippen LogP contribution < -0.4 is 15.0 Å². The number of hydrogen-bond acceptors (Lipinski definition) is 3. The maximum Gasteiger partial charge on any atom is 0.141 e. The minimum absolute atomic E-state index is 0.515. The van der Waals surface area contributed by atoms with E-state index in [9.17, 15) is 0 Å². The lowest BCUT2D eigenvalue weighted by Crippen LogP contribution is -2.39. The molecule has 0 unspecified atom stereocenters. The molecule has 0 spiro atoms. The van der Waals surface area contributed by atoms with E-state index in [0.29, 0.717) is 6.04 Å². The molecule has 0 amide bonds. The van der Waals surface area contributed by atoms with Crippen LogP contribution in [-0.2, 0) is 0 Å². The van der Waals surface area contributed by atoms with Gasteiger partial charge in [-0.25, -0.2) is 0 Å². The molecule has 110 valence electrons. The molecule has 0 aliphatic carbocycles. The largest absolute Gasteiger partial charge is 0.495 e. The molecule has 0 atom stereocenters. The molecule has 1 saturated heterocycles. The Kier molecular flexibility index (Phi) is 4.29. The molecule has 1 fully saturated rings. The fraction of sp³-hybridized carbons (Fsp3) is 0.333. The van der Waals surface area contributed by atoms with Gasteiger partial charge in [0, 0.05) is 24.8 Å². The number of rotatable bonds is 4. The SMILES string of the molecule is COc1ccccc1NC1CCN(c2ccccc2)CC1. The molecule has 0 aromatic heterocycles. The van der Waals surface area contributed by atoms with Crippen LogP contribution in [0.4, 0.5) is 11.4 Å². The number of piperidine rings is 1. The Bertz CT molecular complexity index is 562. The Balaban J connectivity index is 1.59. The summed E-state index contributed by atoms with van der Waals surface area (Å²) in [6.07, 6.45) is 2.29. The van der Waals surface area contributed by atoms with Gasteiger partial charge in [0.25, 0.3) is 0 Å². The van der Waals surface area contributed by atoms with E-state index in [1.165, 1.54) is 5.69 Å². The van der Waals surface area contributed by atoms with Crippen molar-refractivity contribution in [2.75, 3.05) is 30.4 Å². The van der Waals surface area contributed by atoms with E-state index in [0.717, 1.165) is 37.4 Å². The Morgan fingerprint density at radius 1 is 0.952 bits per heavy atom. The number of nitrogens with zero attached hydrogens (tertiary/aromatic N) is 1. The number of ether oxygens (including phenoxy) is 1. The van der Waals surface area contributed by atoms with E-state index in [1.807, 2.05) is 18.2 Å². The van der Waals surface area contributed by atoms with Crippen LogP contribution in [0.2, 0.25) is 0 Å². The Labute approximate surface area is 126 Å². The minimum Gasteiger partial charge on any atom is -0.495 e. The summed E-state index contributed by atoms with van der Waals surface area (Å²) in [5.41, 5.74) is 2.42. The molecule has 1 heterocycles. The van der Waals surface area contributed by atoms with Crippen molar-refractivity contribution >= 4 is 11.4 Å². The van der Waals surface area contributed by atoms with E-state index in [-0.39, 0.29) is 0 Å². The average Bonchev–Trinajstić information content (AvgIpc) is 2.57. The molecular formula is C18H22N2O. The molecule has 21 heavy (non-hydrogen) atoms. The first-order chi connectivity index (χ1) is 10.4. The van der Waals surface area contributed by atoms with Crippen LogP contribution >= 0.6 is 0 Å². The first-order valence-corrected chi connectivity index (χ1v) is 7.56. The molecule has 0 radical (unpaired) electrons. The van der Waals surface area contributed by atoms with Crippen LogP contribution in [-0.4, -0.2) is 26.2 Å². The van der Waals surface area contributed by atoms with Crippen molar-refractivity contribution in [2.45, 2.75) is 18.9 Å². The molecular weight excluding hydrogens is 260 g/mol. The third-order valence-electron chi connectivity index (χ3n) is 4.08. The second-order valence-corrected chi connectivity index (χ2v) is 5.44. The van der Waals surface area contributed by atoms with E-state index < -0.39 is 0 Å². The van der Waals surface area contributed by atoms with Crippen LogP contribution in [0, 0.1) is 0 Å². The zero-order valence-corrected chi connectivity index (χ0v) is 12.5. The number of hydrogen-bond donors (Lipinski definition) is 1. The summed E-state index contributed by atoms with van der Waals surface area (Å²) < 4.78 is 5.40. The van der Waals surface area contributed by atoms with E-state index in [1.54, 1.807) is 7.11 Å². The predicted octanol–water partition coefficient (Wildman–Crippen LogP) is 3.78. The summed E-state index contributed by atoms with van der Waals surface area (Å²) in [7, 11) is 1.72. The molecule has 1 aliphatic heterocycles. The van der Waals surface area contributed by atoms with Crippen LogP contribution in [0.15, 0.2) is 54.6 Å². The lowest BCUT2D eigenvalue weighted by atomic mass is 10.0. The number of anilines is 2. The number of para-hydroxylation sites is 3. The summed E-state index contributed by atoms with van der Waals surface area (Å²) in [5.74, 6) is 0.919. The Hall–Kier alpha value is -2.16.